The van der Waals surface area contributed by atoms with E-state index in [4.69, 9.17) is 0 Å². The van der Waals surface area contributed by atoms with E-state index in [1.54, 1.807) is 18.5 Å². The van der Waals surface area contributed by atoms with E-state index < -0.39 is 0 Å². The summed E-state index contributed by atoms with van der Waals surface area (Å²) < 4.78 is 0. The Morgan fingerprint density at radius 3 is 2.36 bits per heavy atom. The molecule has 7 heteroatoms. The van der Waals surface area contributed by atoms with Crippen molar-refractivity contribution in [2.24, 2.45) is 0 Å². The SMILES string of the molecule is CC(C)(C)c1[nH]cnc1/C=c1\[nH]c(=O)/c(=C/c2ccc3cc[nH]c3c2)[nH]c1=O. The van der Waals surface area contributed by atoms with Crippen molar-refractivity contribution in [1.29, 1.82) is 0 Å². The van der Waals surface area contributed by atoms with Crippen molar-refractivity contribution in [3.8, 4) is 0 Å². The number of aromatic nitrogens is 5. The maximum absolute atomic E-state index is 12.5. The van der Waals surface area contributed by atoms with Crippen LogP contribution in [-0.4, -0.2) is 24.9 Å². The Morgan fingerprint density at radius 2 is 1.64 bits per heavy atom. The van der Waals surface area contributed by atoms with E-state index in [9.17, 15) is 9.59 Å². The average molecular weight is 375 g/mol. The van der Waals surface area contributed by atoms with Gasteiger partial charge in [0.05, 0.1) is 12.0 Å². The van der Waals surface area contributed by atoms with E-state index in [2.05, 4.69) is 24.9 Å². The minimum atomic E-state index is -0.380. The van der Waals surface area contributed by atoms with Crippen LogP contribution in [0.5, 0.6) is 0 Å². The smallest absolute Gasteiger partial charge is 0.272 e. The normalized spacial score (nSPS) is 13.5. The van der Waals surface area contributed by atoms with Gasteiger partial charge >= 0.3 is 0 Å². The highest BCUT2D eigenvalue weighted by Crippen LogP contribution is 2.22. The molecular weight excluding hydrogens is 354 g/mol. The second-order valence-corrected chi connectivity index (χ2v) is 7.76. The third-order valence-electron chi connectivity index (χ3n) is 4.58. The van der Waals surface area contributed by atoms with E-state index in [0.717, 1.165) is 22.2 Å². The Morgan fingerprint density at radius 1 is 0.929 bits per heavy atom. The first-order chi connectivity index (χ1) is 13.3. The topological polar surface area (TPSA) is 110 Å². The highest BCUT2D eigenvalue weighted by atomic mass is 16.1. The van der Waals surface area contributed by atoms with Crippen molar-refractivity contribution in [2.45, 2.75) is 26.2 Å². The van der Waals surface area contributed by atoms with Crippen LogP contribution in [0.15, 0.2) is 46.4 Å². The summed E-state index contributed by atoms with van der Waals surface area (Å²) in [5, 5.41) is 1.45. The molecule has 0 amide bonds. The summed E-state index contributed by atoms with van der Waals surface area (Å²) >= 11 is 0. The van der Waals surface area contributed by atoms with Crippen LogP contribution in [0.25, 0.3) is 23.1 Å². The minimum Gasteiger partial charge on any atom is -0.361 e. The molecule has 1 aromatic carbocycles. The summed E-state index contributed by atoms with van der Waals surface area (Å²) in [5.74, 6) is 0. The number of rotatable bonds is 2. The number of hydrogen-bond donors (Lipinski definition) is 4. The van der Waals surface area contributed by atoms with Gasteiger partial charge in [-0.05, 0) is 35.2 Å². The number of imidazole rings is 1. The van der Waals surface area contributed by atoms with Gasteiger partial charge in [-0.1, -0.05) is 32.9 Å². The molecule has 0 aliphatic carbocycles. The molecule has 28 heavy (non-hydrogen) atoms. The van der Waals surface area contributed by atoms with Gasteiger partial charge in [-0.15, -0.1) is 0 Å². The Balaban J connectivity index is 1.82. The number of nitrogens with zero attached hydrogens (tertiary/aromatic N) is 1. The van der Waals surface area contributed by atoms with Gasteiger partial charge in [-0.25, -0.2) is 4.98 Å². The van der Waals surface area contributed by atoms with Gasteiger partial charge in [-0.2, -0.15) is 0 Å². The summed E-state index contributed by atoms with van der Waals surface area (Å²) in [6, 6.07) is 7.75. The molecular formula is C21H21N5O2. The minimum absolute atomic E-state index is 0.166. The van der Waals surface area contributed by atoms with E-state index >= 15 is 0 Å². The van der Waals surface area contributed by atoms with Crippen LogP contribution in [0.2, 0.25) is 0 Å². The quantitative estimate of drug-likeness (QED) is 0.423. The lowest BCUT2D eigenvalue weighted by atomic mass is 9.90. The van der Waals surface area contributed by atoms with Crippen LogP contribution in [0.1, 0.15) is 37.7 Å². The number of nitrogens with one attached hydrogen (secondary N) is 4. The number of H-pyrrole nitrogens is 4. The molecule has 4 aromatic rings. The van der Waals surface area contributed by atoms with Gasteiger partial charge in [0.2, 0.25) is 0 Å². The average Bonchev–Trinajstić information content (AvgIpc) is 3.27. The van der Waals surface area contributed by atoms with E-state index in [0.29, 0.717) is 5.69 Å². The third-order valence-corrected chi connectivity index (χ3v) is 4.58. The summed E-state index contributed by atoms with van der Waals surface area (Å²) in [6.45, 7) is 6.14. The van der Waals surface area contributed by atoms with Gasteiger partial charge in [-0.3, -0.25) is 9.59 Å². The number of aromatic amines is 4. The standard InChI is InChI=1S/C21H21N5O2/c1-21(2,3)18-15(23-11-24-18)10-17-20(28)25-16(19(27)26-17)9-12-4-5-13-6-7-22-14(13)8-12/h4-11,22H,1-3H3,(H,23,24)(H,25,28)(H,26,27)/b16-9-,17-10-. The molecule has 0 aliphatic heterocycles. The Labute approximate surface area is 159 Å². The first kappa shape index (κ1) is 17.8. The molecule has 4 rings (SSSR count). The highest BCUT2D eigenvalue weighted by Gasteiger charge is 2.19. The van der Waals surface area contributed by atoms with Gasteiger partial charge in [0.25, 0.3) is 11.1 Å². The van der Waals surface area contributed by atoms with Crippen LogP contribution in [0.4, 0.5) is 0 Å². The maximum Gasteiger partial charge on any atom is 0.272 e. The van der Waals surface area contributed by atoms with Crippen molar-refractivity contribution in [3.63, 3.8) is 0 Å². The second kappa shape index (κ2) is 6.53. The Kier molecular flexibility index (Phi) is 4.15. The molecule has 0 unspecified atom stereocenters. The molecule has 7 nitrogen and oxygen atoms in total. The van der Waals surface area contributed by atoms with Gasteiger partial charge in [0.15, 0.2) is 0 Å². The van der Waals surface area contributed by atoms with Crippen LogP contribution in [-0.2, 0) is 5.41 Å². The van der Waals surface area contributed by atoms with Crippen molar-refractivity contribution >= 4 is 23.1 Å². The van der Waals surface area contributed by atoms with Crippen LogP contribution < -0.4 is 21.8 Å². The molecule has 0 atom stereocenters. The molecule has 0 bridgehead atoms. The molecule has 0 spiro atoms. The fourth-order valence-electron chi connectivity index (χ4n) is 3.17. The van der Waals surface area contributed by atoms with Crippen molar-refractivity contribution < 1.29 is 0 Å². The van der Waals surface area contributed by atoms with E-state index in [-0.39, 0.29) is 27.2 Å². The number of fused-ring (bicyclic) bond motifs is 1. The van der Waals surface area contributed by atoms with Crippen LogP contribution >= 0.6 is 0 Å². The summed E-state index contributed by atoms with van der Waals surface area (Å²) in [4.78, 5) is 40.9. The van der Waals surface area contributed by atoms with E-state index in [1.807, 2.05) is 51.2 Å². The molecule has 0 saturated carbocycles. The summed E-state index contributed by atoms with van der Waals surface area (Å²) in [5.41, 5.74) is 2.38. The lowest BCUT2D eigenvalue weighted by molar-refractivity contribution is 0.571. The van der Waals surface area contributed by atoms with Crippen LogP contribution in [0.3, 0.4) is 0 Å². The molecule has 3 aromatic heterocycles. The zero-order valence-electron chi connectivity index (χ0n) is 15.9. The number of hydrogen-bond acceptors (Lipinski definition) is 3. The zero-order valence-corrected chi connectivity index (χ0v) is 15.9. The Hall–Kier alpha value is -3.61. The molecule has 4 N–H and O–H groups in total. The summed E-state index contributed by atoms with van der Waals surface area (Å²) in [6.07, 6.45) is 6.68. The van der Waals surface area contributed by atoms with Gasteiger partial charge < -0.3 is 19.9 Å². The van der Waals surface area contributed by atoms with Crippen LogP contribution in [0, 0.1) is 0 Å². The molecule has 0 radical (unpaired) electrons. The third kappa shape index (κ3) is 3.34. The van der Waals surface area contributed by atoms with Crippen molar-refractivity contribution in [3.05, 3.63) is 85.1 Å². The van der Waals surface area contributed by atoms with Crippen molar-refractivity contribution in [1.82, 2.24) is 24.9 Å². The highest BCUT2D eigenvalue weighted by molar-refractivity contribution is 5.81. The largest absolute Gasteiger partial charge is 0.361 e. The predicted octanol–water partition coefficient (Wildman–Crippen LogP) is 1.22. The van der Waals surface area contributed by atoms with Crippen molar-refractivity contribution in [2.75, 3.05) is 0 Å². The fraction of sp³-hybridized carbons (Fsp3) is 0.190. The molecule has 0 saturated heterocycles. The molecule has 142 valence electrons. The summed E-state index contributed by atoms with van der Waals surface area (Å²) in [7, 11) is 0. The second-order valence-electron chi connectivity index (χ2n) is 7.76. The first-order valence-corrected chi connectivity index (χ1v) is 8.98. The molecule has 0 aliphatic rings. The lowest BCUT2D eigenvalue weighted by Gasteiger charge is -2.16. The predicted molar refractivity (Wildman–Crippen MR) is 110 cm³/mol. The molecule has 0 fully saturated rings. The monoisotopic (exact) mass is 375 g/mol. The molecule has 3 heterocycles. The van der Waals surface area contributed by atoms with Gasteiger partial charge in [0.1, 0.15) is 10.7 Å². The maximum atomic E-state index is 12.5. The lowest BCUT2D eigenvalue weighted by Crippen LogP contribution is -2.46. The number of benzene rings is 1. The van der Waals surface area contributed by atoms with Gasteiger partial charge in [0, 0.05) is 22.8 Å². The zero-order chi connectivity index (χ0) is 19.9. The first-order valence-electron chi connectivity index (χ1n) is 8.98. The van der Waals surface area contributed by atoms with E-state index in [1.165, 1.54) is 0 Å². The fourth-order valence-corrected chi connectivity index (χ4v) is 3.17. The Bertz CT molecular complexity index is 1390.